The Balaban J connectivity index is 1.68. The summed E-state index contributed by atoms with van der Waals surface area (Å²) in [6.07, 6.45) is 5.13. The minimum atomic E-state index is -0.467. The lowest BCUT2D eigenvalue weighted by Crippen LogP contribution is -2.42. The summed E-state index contributed by atoms with van der Waals surface area (Å²) in [6.45, 7) is 3.51. The van der Waals surface area contributed by atoms with Gasteiger partial charge in [-0.25, -0.2) is 4.39 Å². The van der Waals surface area contributed by atoms with Crippen LogP contribution in [0.4, 0.5) is 4.39 Å². The molecule has 1 aliphatic heterocycles. The molecule has 1 heterocycles. The molecule has 0 aromatic heterocycles. The molecule has 5 heteroatoms. The molecule has 2 fully saturated rings. The summed E-state index contributed by atoms with van der Waals surface area (Å²) in [5.41, 5.74) is 0.507. The summed E-state index contributed by atoms with van der Waals surface area (Å²) >= 11 is 1.46. The van der Waals surface area contributed by atoms with Crippen molar-refractivity contribution in [2.45, 2.75) is 56.7 Å². The minimum absolute atomic E-state index is 0.0998. The predicted molar refractivity (Wildman–Crippen MR) is 99.0 cm³/mol. The largest absolute Gasteiger partial charge is 0.297 e. The number of halogens is 1. The number of hydrogen-bond acceptors (Lipinski definition) is 4. The van der Waals surface area contributed by atoms with Crippen molar-refractivity contribution >= 4 is 22.7 Å². The Kier molecular flexibility index (Phi) is 6.29. The number of piperidine rings is 1. The van der Waals surface area contributed by atoms with E-state index in [0.29, 0.717) is 17.2 Å². The number of benzene rings is 1. The SMILES string of the molecule is CCCC(=O)SC1CCN(C(C(=O)C2CC2)c2ccccc2F)CC1. The summed E-state index contributed by atoms with van der Waals surface area (Å²) < 4.78 is 14.3. The van der Waals surface area contributed by atoms with Crippen molar-refractivity contribution in [3.63, 3.8) is 0 Å². The molecule has 0 amide bonds. The number of rotatable bonds is 7. The number of likely N-dealkylation sites (tertiary alicyclic amines) is 1. The first-order chi connectivity index (χ1) is 12.1. The van der Waals surface area contributed by atoms with E-state index in [0.717, 1.165) is 45.2 Å². The van der Waals surface area contributed by atoms with Crippen LogP contribution < -0.4 is 0 Å². The maximum atomic E-state index is 14.3. The highest BCUT2D eigenvalue weighted by Crippen LogP contribution is 2.39. The third-order valence-corrected chi connectivity index (χ3v) is 6.31. The number of thioether (sulfide) groups is 1. The van der Waals surface area contributed by atoms with Crippen LogP contribution in [0.1, 0.15) is 57.1 Å². The Morgan fingerprint density at radius 2 is 1.88 bits per heavy atom. The Morgan fingerprint density at radius 3 is 2.48 bits per heavy atom. The van der Waals surface area contributed by atoms with Gasteiger partial charge in [0, 0.05) is 36.2 Å². The van der Waals surface area contributed by atoms with Crippen molar-refractivity contribution in [3.05, 3.63) is 35.6 Å². The van der Waals surface area contributed by atoms with Gasteiger partial charge in [0.05, 0.1) is 6.04 Å². The molecule has 1 saturated carbocycles. The van der Waals surface area contributed by atoms with Gasteiger partial charge in [0.15, 0.2) is 10.9 Å². The van der Waals surface area contributed by atoms with E-state index in [9.17, 15) is 14.0 Å². The van der Waals surface area contributed by atoms with E-state index in [-0.39, 0.29) is 22.6 Å². The number of carbonyl (C=O) groups excluding carboxylic acids is 2. The number of ketones is 1. The van der Waals surface area contributed by atoms with Gasteiger partial charge < -0.3 is 0 Å². The first kappa shape index (κ1) is 18.6. The molecule has 0 N–H and O–H groups in total. The second-order valence-electron chi connectivity index (χ2n) is 7.08. The van der Waals surface area contributed by atoms with E-state index < -0.39 is 6.04 Å². The van der Waals surface area contributed by atoms with Crippen molar-refractivity contribution in [2.24, 2.45) is 5.92 Å². The molecule has 1 aliphatic carbocycles. The number of nitrogens with zero attached hydrogens (tertiary/aromatic N) is 1. The van der Waals surface area contributed by atoms with Crippen LogP contribution in [-0.4, -0.2) is 34.1 Å². The van der Waals surface area contributed by atoms with Gasteiger partial charge in [-0.05, 0) is 38.2 Å². The highest BCUT2D eigenvalue weighted by Gasteiger charge is 2.40. The lowest BCUT2D eigenvalue weighted by atomic mass is 9.95. The zero-order chi connectivity index (χ0) is 17.8. The average molecular weight is 363 g/mol. The molecule has 0 radical (unpaired) electrons. The van der Waals surface area contributed by atoms with Gasteiger partial charge in [0.25, 0.3) is 0 Å². The Morgan fingerprint density at radius 1 is 1.20 bits per heavy atom. The molecule has 2 aliphatic rings. The molecule has 1 atom stereocenters. The second kappa shape index (κ2) is 8.45. The molecule has 3 rings (SSSR count). The Bertz CT molecular complexity index is 624. The van der Waals surface area contributed by atoms with Crippen LogP contribution in [0.5, 0.6) is 0 Å². The van der Waals surface area contributed by atoms with E-state index >= 15 is 0 Å². The minimum Gasteiger partial charge on any atom is -0.297 e. The maximum absolute atomic E-state index is 14.3. The highest BCUT2D eigenvalue weighted by molar-refractivity contribution is 8.14. The van der Waals surface area contributed by atoms with Gasteiger partial charge in [-0.1, -0.05) is 36.9 Å². The van der Waals surface area contributed by atoms with Crippen molar-refractivity contribution in [1.82, 2.24) is 4.90 Å². The van der Waals surface area contributed by atoms with Crippen LogP contribution in [0.2, 0.25) is 0 Å². The number of carbonyl (C=O) groups is 2. The molecular formula is C20H26FNO2S. The lowest BCUT2D eigenvalue weighted by Gasteiger charge is -2.37. The van der Waals surface area contributed by atoms with Crippen LogP contribution in [0.3, 0.4) is 0 Å². The molecule has 25 heavy (non-hydrogen) atoms. The second-order valence-corrected chi connectivity index (χ2v) is 8.43. The zero-order valence-corrected chi connectivity index (χ0v) is 15.6. The Hall–Kier alpha value is -1.20. The van der Waals surface area contributed by atoms with E-state index in [1.165, 1.54) is 17.8 Å². The lowest BCUT2D eigenvalue weighted by molar-refractivity contribution is -0.126. The number of hydrogen-bond donors (Lipinski definition) is 0. The van der Waals surface area contributed by atoms with E-state index in [4.69, 9.17) is 0 Å². The molecule has 0 bridgehead atoms. The van der Waals surface area contributed by atoms with Gasteiger partial charge in [-0.3, -0.25) is 14.5 Å². The molecular weight excluding hydrogens is 337 g/mol. The van der Waals surface area contributed by atoms with Gasteiger partial charge in [-0.15, -0.1) is 0 Å². The topological polar surface area (TPSA) is 37.4 Å². The fourth-order valence-electron chi connectivity index (χ4n) is 3.52. The summed E-state index contributed by atoms with van der Waals surface area (Å²) in [6, 6.07) is 6.18. The van der Waals surface area contributed by atoms with Crippen LogP contribution >= 0.6 is 11.8 Å². The fourth-order valence-corrected chi connectivity index (χ4v) is 4.66. The molecule has 0 spiro atoms. The highest BCUT2D eigenvalue weighted by atomic mass is 32.2. The smallest absolute Gasteiger partial charge is 0.189 e. The fraction of sp³-hybridized carbons (Fsp3) is 0.600. The third kappa shape index (κ3) is 4.70. The van der Waals surface area contributed by atoms with Crippen LogP contribution in [-0.2, 0) is 9.59 Å². The Labute approximate surface area is 153 Å². The van der Waals surface area contributed by atoms with E-state index in [1.54, 1.807) is 18.2 Å². The van der Waals surface area contributed by atoms with Crippen molar-refractivity contribution < 1.29 is 14.0 Å². The van der Waals surface area contributed by atoms with Crippen molar-refractivity contribution in [3.8, 4) is 0 Å². The maximum Gasteiger partial charge on any atom is 0.189 e. The molecule has 1 aromatic rings. The molecule has 1 saturated heterocycles. The normalized spacial score (nSPS) is 20.4. The summed E-state index contributed by atoms with van der Waals surface area (Å²) in [5.74, 6) is -0.0304. The van der Waals surface area contributed by atoms with E-state index in [2.05, 4.69) is 4.90 Å². The summed E-state index contributed by atoms with van der Waals surface area (Å²) in [5, 5.41) is 0.591. The quantitative estimate of drug-likeness (QED) is 0.721. The van der Waals surface area contributed by atoms with Crippen LogP contribution in [0.15, 0.2) is 24.3 Å². The van der Waals surface area contributed by atoms with Crippen LogP contribution in [0.25, 0.3) is 0 Å². The monoisotopic (exact) mass is 363 g/mol. The van der Waals surface area contributed by atoms with Gasteiger partial charge in [0.2, 0.25) is 0 Å². The van der Waals surface area contributed by atoms with Crippen molar-refractivity contribution in [2.75, 3.05) is 13.1 Å². The first-order valence-corrected chi connectivity index (χ1v) is 10.2. The summed E-state index contributed by atoms with van der Waals surface area (Å²) in [7, 11) is 0. The van der Waals surface area contributed by atoms with Crippen molar-refractivity contribution in [1.29, 1.82) is 0 Å². The van der Waals surface area contributed by atoms with E-state index in [1.807, 2.05) is 6.92 Å². The summed E-state index contributed by atoms with van der Waals surface area (Å²) in [4.78, 5) is 26.8. The van der Waals surface area contributed by atoms with Gasteiger partial charge in [-0.2, -0.15) is 0 Å². The molecule has 3 nitrogen and oxygen atoms in total. The molecule has 1 unspecified atom stereocenters. The third-order valence-electron chi connectivity index (χ3n) is 5.04. The first-order valence-electron chi connectivity index (χ1n) is 9.31. The molecule has 136 valence electrons. The van der Waals surface area contributed by atoms with Gasteiger partial charge in [0.1, 0.15) is 5.82 Å². The van der Waals surface area contributed by atoms with Crippen LogP contribution in [0, 0.1) is 11.7 Å². The average Bonchev–Trinajstić information content (AvgIpc) is 3.43. The zero-order valence-electron chi connectivity index (χ0n) is 14.7. The standard InChI is InChI=1S/C20H26FNO2S/c1-2-5-18(23)25-15-10-12-22(13-11-15)19(20(24)14-8-9-14)16-6-3-4-7-17(16)21/h3-4,6-7,14-15,19H,2,5,8-13H2,1H3. The predicted octanol–water partition coefficient (Wildman–Crippen LogP) is 4.37. The number of Topliss-reactive ketones (excluding diaryl/α,β-unsaturated/α-hetero) is 1. The van der Waals surface area contributed by atoms with Gasteiger partial charge >= 0.3 is 0 Å². The molecule has 1 aromatic carbocycles.